The molecule has 0 aliphatic carbocycles. The fraction of sp³-hybridized carbons (Fsp3) is 0.947. The Hall–Kier alpha value is -1.94. The number of esters is 4. The molecule has 6 atom stereocenters. The summed E-state index contributed by atoms with van der Waals surface area (Å²) in [5.41, 5.74) is 0. The van der Waals surface area contributed by atoms with E-state index in [0.717, 1.165) is 102 Å². The molecule has 3 unspecified atom stereocenters. The zero-order valence-corrected chi connectivity index (χ0v) is 63.1. The van der Waals surface area contributed by atoms with Crippen LogP contribution in [0.25, 0.3) is 0 Å². The fourth-order valence-electron chi connectivity index (χ4n) is 11.4. The van der Waals surface area contributed by atoms with Gasteiger partial charge in [-0.2, -0.15) is 0 Å². The molecule has 0 heterocycles. The summed E-state index contributed by atoms with van der Waals surface area (Å²) in [6.07, 6.45) is 53.9. The van der Waals surface area contributed by atoms with Gasteiger partial charge in [-0.25, -0.2) is 9.13 Å². The third kappa shape index (κ3) is 67.3. The number of carbonyl (C=O) groups excluding carboxylic acids is 4. The minimum atomic E-state index is -4.96. The van der Waals surface area contributed by atoms with E-state index in [0.29, 0.717) is 25.7 Å². The van der Waals surface area contributed by atoms with Gasteiger partial charge in [-0.3, -0.25) is 37.3 Å². The van der Waals surface area contributed by atoms with Crippen molar-refractivity contribution in [2.45, 2.75) is 407 Å². The third-order valence-electron chi connectivity index (χ3n) is 17.8. The lowest BCUT2D eigenvalue weighted by Crippen LogP contribution is -2.30. The highest BCUT2D eigenvalue weighted by Crippen LogP contribution is 2.45. The largest absolute Gasteiger partial charge is 0.472 e. The van der Waals surface area contributed by atoms with Crippen molar-refractivity contribution in [3.63, 3.8) is 0 Å². The summed E-state index contributed by atoms with van der Waals surface area (Å²) in [7, 11) is -9.91. The number of carbonyl (C=O) groups is 4. The first-order valence-corrected chi connectivity index (χ1v) is 42.0. The van der Waals surface area contributed by atoms with E-state index in [-0.39, 0.29) is 25.7 Å². The Kier molecular flexibility index (Phi) is 65.5. The molecule has 94 heavy (non-hydrogen) atoms. The van der Waals surface area contributed by atoms with Crippen LogP contribution in [0.1, 0.15) is 388 Å². The van der Waals surface area contributed by atoms with Crippen LogP contribution in [0.3, 0.4) is 0 Å². The third-order valence-corrected chi connectivity index (χ3v) is 19.7. The number of aliphatic hydroxyl groups excluding tert-OH is 1. The van der Waals surface area contributed by atoms with Crippen molar-refractivity contribution in [3.05, 3.63) is 0 Å². The van der Waals surface area contributed by atoms with Crippen molar-refractivity contribution >= 4 is 39.5 Å². The fourth-order valence-corrected chi connectivity index (χ4v) is 13.0. The molecule has 0 amide bonds. The summed E-state index contributed by atoms with van der Waals surface area (Å²) in [5.74, 6) is -0.503. The van der Waals surface area contributed by atoms with Crippen LogP contribution in [0, 0.1) is 11.8 Å². The van der Waals surface area contributed by atoms with E-state index in [1.54, 1.807) is 0 Å². The molecule has 17 nitrogen and oxygen atoms in total. The number of phosphoric acid groups is 2. The Morgan fingerprint density at radius 2 is 0.543 bits per heavy atom. The van der Waals surface area contributed by atoms with Crippen molar-refractivity contribution in [2.24, 2.45) is 11.8 Å². The molecule has 0 aromatic rings. The minimum Gasteiger partial charge on any atom is -0.462 e. The Labute approximate surface area is 575 Å². The molecule has 0 saturated carbocycles. The SMILES string of the molecule is CCCCCCCCCCCCCCC(=O)O[C@H](COC(=O)CCCCCCCCCCCC)COP(=O)(O)OC[C@H](O)COP(=O)(O)OC[C@@H](COC(=O)CCCCCCCCCCCCC(C)CC)OC(=O)CCCCCCCCCCCCCCCCCC(C)C. The van der Waals surface area contributed by atoms with Crippen LogP contribution in [-0.4, -0.2) is 96.7 Å². The van der Waals surface area contributed by atoms with Gasteiger partial charge in [-0.1, -0.05) is 337 Å². The molecule has 3 N–H and O–H groups in total. The Morgan fingerprint density at radius 3 is 0.809 bits per heavy atom. The summed E-state index contributed by atoms with van der Waals surface area (Å²) in [4.78, 5) is 72.7. The molecule has 0 aliphatic heterocycles. The number of hydrogen-bond acceptors (Lipinski definition) is 15. The maximum atomic E-state index is 13.1. The molecule has 0 fully saturated rings. The lowest BCUT2D eigenvalue weighted by Gasteiger charge is -2.21. The van der Waals surface area contributed by atoms with E-state index < -0.39 is 97.5 Å². The standard InChI is InChI=1S/C75H146O17P2/c1-7-10-12-14-16-18-20-27-35-41-47-53-59-74(79)91-70(63-85-72(77)57-51-45-39-33-19-17-15-13-11-8-2)65-89-93(81,82)87-61-69(76)62-88-94(83,84)90-66-71(64-86-73(78)58-52-46-40-34-30-29-32-38-44-50-56-68(6)9-3)92-75(80)60-54-48-42-36-28-25-23-21-22-24-26-31-37-43-49-55-67(4)5/h67-71,76H,7-66H2,1-6H3,(H,81,82)(H,83,84)/t68?,69-,70+,71+/m0/s1. The van der Waals surface area contributed by atoms with Crippen LogP contribution in [0.15, 0.2) is 0 Å². The second-order valence-electron chi connectivity index (χ2n) is 27.8. The van der Waals surface area contributed by atoms with Gasteiger partial charge in [0.25, 0.3) is 0 Å². The molecule has 0 aliphatic rings. The molecular formula is C75H146O17P2. The van der Waals surface area contributed by atoms with E-state index in [1.165, 1.54) is 205 Å². The quantitative estimate of drug-likeness (QED) is 0.0222. The minimum absolute atomic E-state index is 0.107. The zero-order chi connectivity index (χ0) is 69.3. The van der Waals surface area contributed by atoms with Crippen molar-refractivity contribution in [1.82, 2.24) is 0 Å². The Morgan fingerprint density at radius 1 is 0.309 bits per heavy atom. The molecular weight excluding hydrogens is 1230 g/mol. The van der Waals surface area contributed by atoms with Gasteiger partial charge in [-0.05, 0) is 37.5 Å². The number of ether oxygens (including phenoxy) is 4. The Balaban J connectivity index is 5.24. The van der Waals surface area contributed by atoms with E-state index in [1.807, 2.05) is 0 Å². The van der Waals surface area contributed by atoms with Crippen molar-refractivity contribution in [1.29, 1.82) is 0 Å². The Bertz CT molecular complexity index is 1820. The van der Waals surface area contributed by atoms with Gasteiger partial charge in [0.2, 0.25) is 0 Å². The second kappa shape index (κ2) is 66.9. The predicted octanol–water partition coefficient (Wildman–Crippen LogP) is 21.9. The lowest BCUT2D eigenvalue weighted by atomic mass is 9.99. The summed E-state index contributed by atoms with van der Waals surface area (Å²) >= 11 is 0. The topological polar surface area (TPSA) is 237 Å². The number of rotatable bonds is 74. The molecule has 0 rings (SSSR count). The first-order valence-electron chi connectivity index (χ1n) is 39.0. The van der Waals surface area contributed by atoms with Crippen LogP contribution >= 0.6 is 15.6 Å². The van der Waals surface area contributed by atoms with Gasteiger partial charge in [0.15, 0.2) is 12.2 Å². The molecule has 0 aromatic carbocycles. The molecule has 19 heteroatoms. The monoisotopic (exact) mass is 1380 g/mol. The highest BCUT2D eigenvalue weighted by molar-refractivity contribution is 7.47. The molecule has 0 aromatic heterocycles. The van der Waals surface area contributed by atoms with Gasteiger partial charge < -0.3 is 33.8 Å². The van der Waals surface area contributed by atoms with Crippen LogP contribution in [-0.2, 0) is 65.4 Å². The van der Waals surface area contributed by atoms with Crippen LogP contribution in [0.4, 0.5) is 0 Å². The van der Waals surface area contributed by atoms with Gasteiger partial charge in [0, 0.05) is 25.7 Å². The summed E-state index contributed by atoms with van der Waals surface area (Å²) in [6, 6.07) is 0. The van der Waals surface area contributed by atoms with Crippen molar-refractivity contribution in [2.75, 3.05) is 39.6 Å². The second-order valence-corrected chi connectivity index (χ2v) is 30.7. The van der Waals surface area contributed by atoms with Crippen molar-refractivity contribution < 1.29 is 80.2 Å². The first-order chi connectivity index (χ1) is 45.4. The first kappa shape index (κ1) is 92.1. The average molecular weight is 1380 g/mol. The number of phosphoric ester groups is 2. The number of aliphatic hydroxyl groups is 1. The van der Waals surface area contributed by atoms with Crippen LogP contribution in [0.2, 0.25) is 0 Å². The van der Waals surface area contributed by atoms with Crippen LogP contribution < -0.4 is 0 Å². The average Bonchev–Trinajstić information content (AvgIpc) is 1.55. The summed E-state index contributed by atoms with van der Waals surface area (Å²) in [5, 5.41) is 10.6. The van der Waals surface area contributed by atoms with Gasteiger partial charge in [0.05, 0.1) is 26.4 Å². The molecule has 0 radical (unpaired) electrons. The van der Waals surface area contributed by atoms with E-state index in [2.05, 4.69) is 41.5 Å². The molecule has 0 saturated heterocycles. The van der Waals surface area contributed by atoms with Crippen molar-refractivity contribution in [3.8, 4) is 0 Å². The van der Waals surface area contributed by atoms with Gasteiger partial charge in [-0.15, -0.1) is 0 Å². The summed E-state index contributed by atoms with van der Waals surface area (Å²) < 4.78 is 68.5. The van der Waals surface area contributed by atoms with Gasteiger partial charge in [0.1, 0.15) is 19.3 Å². The molecule has 0 bridgehead atoms. The highest BCUT2D eigenvalue weighted by Gasteiger charge is 2.30. The lowest BCUT2D eigenvalue weighted by molar-refractivity contribution is -0.161. The molecule has 0 spiro atoms. The number of unbranched alkanes of at least 4 members (excludes halogenated alkanes) is 43. The smallest absolute Gasteiger partial charge is 0.462 e. The maximum absolute atomic E-state index is 13.1. The predicted molar refractivity (Wildman–Crippen MR) is 381 cm³/mol. The molecule has 558 valence electrons. The van der Waals surface area contributed by atoms with Gasteiger partial charge >= 0.3 is 39.5 Å². The zero-order valence-electron chi connectivity index (χ0n) is 61.3. The normalized spacial score (nSPS) is 14.3. The summed E-state index contributed by atoms with van der Waals surface area (Å²) in [6.45, 7) is 9.64. The maximum Gasteiger partial charge on any atom is 0.472 e. The van der Waals surface area contributed by atoms with E-state index >= 15 is 0 Å². The van der Waals surface area contributed by atoms with Crippen LogP contribution in [0.5, 0.6) is 0 Å². The van der Waals surface area contributed by atoms with E-state index in [4.69, 9.17) is 37.0 Å². The number of hydrogen-bond donors (Lipinski definition) is 3. The van der Waals surface area contributed by atoms with E-state index in [9.17, 15) is 43.2 Å². The highest BCUT2D eigenvalue weighted by atomic mass is 31.2.